The van der Waals surface area contributed by atoms with Crippen molar-refractivity contribution >= 4 is 11.8 Å². The fourth-order valence-electron chi connectivity index (χ4n) is 3.61. The Morgan fingerprint density at radius 2 is 1.74 bits per heavy atom. The van der Waals surface area contributed by atoms with Crippen molar-refractivity contribution in [2.45, 2.75) is 70.8 Å². The van der Waals surface area contributed by atoms with Gasteiger partial charge in [0.1, 0.15) is 0 Å². The van der Waals surface area contributed by atoms with E-state index in [4.69, 9.17) is 0 Å². The second-order valence-electron chi connectivity index (χ2n) is 7.10. The minimum Gasteiger partial charge on any atom is -0.356 e. The summed E-state index contributed by atoms with van der Waals surface area (Å²) in [6.07, 6.45) is 9.94. The van der Waals surface area contributed by atoms with Crippen molar-refractivity contribution in [1.29, 1.82) is 0 Å². The monoisotopic (exact) mass is 323 g/mol. The molecule has 0 radical (unpaired) electrons. The van der Waals surface area contributed by atoms with Gasteiger partial charge in [0.15, 0.2) is 0 Å². The molecular weight excluding hydrogens is 290 g/mol. The lowest BCUT2D eigenvalue weighted by atomic mass is 9.95. The highest BCUT2D eigenvalue weighted by molar-refractivity contribution is 5.79. The fourth-order valence-corrected chi connectivity index (χ4v) is 3.61. The molecule has 0 aromatic rings. The van der Waals surface area contributed by atoms with Gasteiger partial charge < -0.3 is 10.6 Å². The molecule has 1 heterocycles. The van der Waals surface area contributed by atoms with Gasteiger partial charge in [0.25, 0.3) is 0 Å². The topological polar surface area (TPSA) is 61.4 Å². The number of piperidine rings is 1. The number of amides is 2. The zero-order chi connectivity index (χ0) is 16.5. The molecule has 23 heavy (non-hydrogen) atoms. The maximum Gasteiger partial charge on any atom is 0.234 e. The van der Waals surface area contributed by atoms with Gasteiger partial charge in [-0.2, -0.15) is 0 Å². The highest BCUT2D eigenvalue weighted by atomic mass is 16.2. The number of nitrogens with zero attached hydrogens (tertiary/aromatic N) is 1. The molecule has 2 fully saturated rings. The molecule has 2 rings (SSSR count). The van der Waals surface area contributed by atoms with Crippen molar-refractivity contribution in [1.82, 2.24) is 15.5 Å². The number of rotatable bonds is 7. The van der Waals surface area contributed by atoms with Crippen LogP contribution in [0.4, 0.5) is 0 Å². The van der Waals surface area contributed by atoms with Gasteiger partial charge in [-0.3, -0.25) is 14.5 Å². The Morgan fingerprint density at radius 1 is 1.04 bits per heavy atom. The van der Waals surface area contributed by atoms with Gasteiger partial charge >= 0.3 is 0 Å². The van der Waals surface area contributed by atoms with Crippen molar-refractivity contribution in [3.8, 4) is 0 Å². The number of hydrogen-bond acceptors (Lipinski definition) is 3. The average molecular weight is 323 g/mol. The standard InChI is InChI=1S/C18H33N3O2/c1-2-3-11-19-18(23)15-9-12-21(13-10-15)14-17(22)20-16-7-5-4-6-8-16/h15-16H,2-14H2,1H3,(H,19,23)(H,20,22). The first-order valence-electron chi connectivity index (χ1n) is 9.48. The minimum atomic E-state index is 0.129. The Morgan fingerprint density at radius 3 is 2.39 bits per heavy atom. The lowest BCUT2D eigenvalue weighted by molar-refractivity contribution is -0.127. The van der Waals surface area contributed by atoms with E-state index in [9.17, 15) is 9.59 Å². The van der Waals surface area contributed by atoms with Gasteiger partial charge in [0, 0.05) is 18.5 Å². The summed E-state index contributed by atoms with van der Waals surface area (Å²) >= 11 is 0. The molecule has 0 atom stereocenters. The highest BCUT2D eigenvalue weighted by Gasteiger charge is 2.26. The molecule has 0 aromatic heterocycles. The van der Waals surface area contributed by atoms with Crippen LogP contribution in [0.2, 0.25) is 0 Å². The molecule has 2 N–H and O–H groups in total. The van der Waals surface area contributed by atoms with Crippen LogP contribution in [0.25, 0.3) is 0 Å². The van der Waals surface area contributed by atoms with Crippen molar-refractivity contribution in [2.24, 2.45) is 5.92 Å². The van der Waals surface area contributed by atoms with Crippen LogP contribution in [0, 0.1) is 5.92 Å². The Balaban J connectivity index is 1.62. The first-order valence-corrected chi connectivity index (χ1v) is 9.48. The molecule has 1 aliphatic carbocycles. The first-order chi connectivity index (χ1) is 11.2. The van der Waals surface area contributed by atoms with E-state index in [1.807, 2.05) is 0 Å². The van der Waals surface area contributed by atoms with Crippen molar-refractivity contribution in [2.75, 3.05) is 26.2 Å². The summed E-state index contributed by atoms with van der Waals surface area (Å²) in [6.45, 7) is 5.11. The summed E-state index contributed by atoms with van der Waals surface area (Å²) in [6, 6.07) is 0.387. The summed E-state index contributed by atoms with van der Waals surface area (Å²) < 4.78 is 0. The summed E-state index contributed by atoms with van der Waals surface area (Å²) in [7, 11) is 0. The Hall–Kier alpha value is -1.10. The Kier molecular flexibility index (Phi) is 7.86. The molecule has 2 aliphatic rings. The molecule has 5 heteroatoms. The van der Waals surface area contributed by atoms with E-state index in [2.05, 4.69) is 22.5 Å². The lowest BCUT2D eigenvalue weighted by Crippen LogP contribution is -2.46. The fraction of sp³-hybridized carbons (Fsp3) is 0.889. The van der Waals surface area contributed by atoms with E-state index >= 15 is 0 Å². The van der Waals surface area contributed by atoms with Crippen LogP contribution in [0.1, 0.15) is 64.7 Å². The lowest BCUT2D eigenvalue weighted by Gasteiger charge is -2.31. The molecule has 0 unspecified atom stereocenters. The van der Waals surface area contributed by atoms with Crippen LogP contribution >= 0.6 is 0 Å². The summed E-state index contributed by atoms with van der Waals surface area (Å²) in [5.41, 5.74) is 0. The van der Waals surface area contributed by atoms with Gasteiger partial charge in [0.05, 0.1) is 6.54 Å². The van der Waals surface area contributed by atoms with E-state index in [1.165, 1.54) is 19.3 Å². The molecule has 1 aliphatic heterocycles. The highest BCUT2D eigenvalue weighted by Crippen LogP contribution is 2.19. The summed E-state index contributed by atoms with van der Waals surface area (Å²) in [5.74, 6) is 0.483. The molecule has 0 spiro atoms. The maximum absolute atomic E-state index is 12.1. The SMILES string of the molecule is CCCCNC(=O)C1CCN(CC(=O)NC2CCCCC2)CC1. The number of unbranched alkanes of at least 4 members (excludes halogenated alkanes) is 1. The molecule has 132 valence electrons. The third kappa shape index (κ3) is 6.50. The van der Waals surface area contributed by atoms with Crippen molar-refractivity contribution in [3.05, 3.63) is 0 Å². The van der Waals surface area contributed by atoms with Gasteiger partial charge in [0.2, 0.25) is 11.8 Å². The number of likely N-dealkylation sites (tertiary alicyclic amines) is 1. The van der Waals surface area contributed by atoms with E-state index in [0.29, 0.717) is 12.6 Å². The molecule has 1 saturated carbocycles. The number of carbonyl (C=O) groups excluding carboxylic acids is 2. The van der Waals surface area contributed by atoms with E-state index in [1.54, 1.807) is 0 Å². The van der Waals surface area contributed by atoms with Crippen LogP contribution in [-0.2, 0) is 9.59 Å². The number of nitrogens with one attached hydrogen (secondary N) is 2. The predicted molar refractivity (Wildman–Crippen MR) is 92.1 cm³/mol. The third-order valence-electron chi connectivity index (χ3n) is 5.13. The average Bonchev–Trinajstić information content (AvgIpc) is 2.56. The first kappa shape index (κ1) is 18.2. The van der Waals surface area contributed by atoms with Gasteiger partial charge in [-0.05, 0) is 45.2 Å². The zero-order valence-corrected chi connectivity index (χ0v) is 14.6. The minimum absolute atomic E-state index is 0.129. The van der Waals surface area contributed by atoms with Crippen LogP contribution < -0.4 is 10.6 Å². The van der Waals surface area contributed by atoms with E-state index < -0.39 is 0 Å². The molecule has 0 bridgehead atoms. The number of carbonyl (C=O) groups is 2. The van der Waals surface area contributed by atoms with Crippen LogP contribution in [0.5, 0.6) is 0 Å². The van der Waals surface area contributed by atoms with Gasteiger partial charge in [-0.1, -0.05) is 32.6 Å². The predicted octanol–water partition coefficient (Wildman–Crippen LogP) is 2.06. The smallest absolute Gasteiger partial charge is 0.234 e. The van der Waals surface area contributed by atoms with Crippen molar-refractivity contribution < 1.29 is 9.59 Å². The van der Waals surface area contributed by atoms with Crippen LogP contribution in [0.3, 0.4) is 0 Å². The molecule has 0 aromatic carbocycles. The second kappa shape index (κ2) is 9.91. The molecular formula is C18H33N3O2. The van der Waals surface area contributed by atoms with Crippen LogP contribution in [0.15, 0.2) is 0 Å². The van der Waals surface area contributed by atoms with E-state index in [0.717, 1.165) is 58.2 Å². The Bertz CT molecular complexity index is 372. The van der Waals surface area contributed by atoms with Crippen LogP contribution in [-0.4, -0.2) is 48.9 Å². The quantitative estimate of drug-likeness (QED) is 0.705. The normalized spacial score (nSPS) is 21.1. The molecule has 2 amide bonds. The Labute approximate surface area is 140 Å². The second-order valence-corrected chi connectivity index (χ2v) is 7.10. The van der Waals surface area contributed by atoms with Gasteiger partial charge in [-0.15, -0.1) is 0 Å². The zero-order valence-electron chi connectivity index (χ0n) is 14.6. The largest absolute Gasteiger partial charge is 0.356 e. The van der Waals surface area contributed by atoms with Gasteiger partial charge in [-0.25, -0.2) is 0 Å². The summed E-state index contributed by atoms with van der Waals surface area (Å²) in [5, 5.41) is 6.20. The third-order valence-corrected chi connectivity index (χ3v) is 5.13. The number of hydrogen-bond donors (Lipinski definition) is 2. The molecule has 5 nitrogen and oxygen atoms in total. The maximum atomic E-state index is 12.1. The van der Waals surface area contributed by atoms with Crippen molar-refractivity contribution in [3.63, 3.8) is 0 Å². The van der Waals surface area contributed by atoms with E-state index in [-0.39, 0.29) is 17.7 Å². The molecule has 1 saturated heterocycles. The summed E-state index contributed by atoms with van der Waals surface area (Å²) in [4.78, 5) is 26.4.